The van der Waals surface area contributed by atoms with Crippen LogP contribution in [0.25, 0.3) is 11.0 Å². The van der Waals surface area contributed by atoms with Crippen molar-refractivity contribution in [3.8, 4) is 23.7 Å². The van der Waals surface area contributed by atoms with Crippen molar-refractivity contribution in [3.63, 3.8) is 0 Å². The third-order valence-electron chi connectivity index (χ3n) is 4.35. The fourth-order valence-corrected chi connectivity index (χ4v) is 3.29. The average Bonchev–Trinajstić information content (AvgIpc) is 3.29. The Labute approximate surface area is 179 Å². The van der Waals surface area contributed by atoms with Gasteiger partial charge in [0.25, 0.3) is 0 Å². The molecule has 0 aliphatic heterocycles. The standard InChI is InChI=1S/C24H10F2N2O2S/c25-21-19(11-9-15-1-5-17(13-29)6-2-15)23-24(28-31-27-23)20(22(21)26)12-10-16-3-7-18(14-30)8-4-16/h1-8,13-14H. The predicted octanol–water partition coefficient (Wildman–Crippen LogP) is 4.39. The predicted molar refractivity (Wildman–Crippen MR) is 113 cm³/mol. The molecule has 0 amide bonds. The molecule has 7 heteroatoms. The number of hydrogen-bond donors (Lipinski definition) is 0. The summed E-state index contributed by atoms with van der Waals surface area (Å²) in [7, 11) is 0. The Kier molecular flexibility index (Phi) is 5.61. The van der Waals surface area contributed by atoms with Crippen molar-refractivity contribution in [1.29, 1.82) is 0 Å². The third kappa shape index (κ3) is 4.09. The summed E-state index contributed by atoms with van der Waals surface area (Å²) in [5.41, 5.74) is 1.87. The molecule has 4 aromatic rings. The average molecular weight is 428 g/mol. The van der Waals surface area contributed by atoms with Crippen molar-refractivity contribution >= 4 is 35.3 Å². The van der Waals surface area contributed by atoms with Gasteiger partial charge in [0.15, 0.2) is 11.6 Å². The van der Waals surface area contributed by atoms with Gasteiger partial charge in [0.2, 0.25) is 0 Å². The van der Waals surface area contributed by atoms with Gasteiger partial charge in [0.1, 0.15) is 23.6 Å². The number of aldehydes is 2. The molecule has 0 unspecified atom stereocenters. The summed E-state index contributed by atoms with van der Waals surface area (Å²) < 4.78 is 37.8. The quantitative estimate of drug-likeness (QED) is 0.351. The van der Waals surface area contributed by atoms with Crippen LogP contribution in [0.3, 0.4) is 0 Å². The summed E-state index contributed by atoms with van der Waals surface area (Å²) in [5, 5.41) is 0. The Morgan fingerprint density at radius 1 is 0.645 bits per heavy atom. The first-order valence-corrected chi connectivity index (χ1v) is 9.61. The number of carbonyl (C=O) groups is 2. The molecule has 0 saturated heterocycles. The smallest absolute Gasteiger partial charge is 0.178 e. The molecule has 4 rings (SSSR count). The van der Waals surface area contributed by atoms with Crippen LogP contribution in [0, 0.1) is 35.3 Å². The van der Waals surface area contributed by atoms with Gasteiger partial charge in [-0.15, -0.1) is 0 Å². The lowest BCUT2D eigenvalue weighted by Gasteiger charge is -2.02. The minimum absolute atomic E-state index is 0.126. The number of hydrogen-bond acceptors (Lipinski definition) is 5. The third-order valence-corrected chi connectivity index (χ3v) is 4.88. The second-order valence-corrected chi connectivity index (χ2v) is 6.85. The molecule has 148 valence electrons. The van der Waals surface area contributed by atoms with Gasteiger partial charge in [-0.25, -0.2) is 8.78 Å². The molecule has 0 bridgehead atoms. The molecule has 0 radical (unpaired) electrons. The van der Waals surface area contributed by atoms with Crippen LogP contribution in [0.4, 0.5) is 8.78 Å². The summed E-state index contributed by atoms with van der Waals surface area (Å²) in [4.78, 5) is 21.5. The molecule has 0 spiro atoms. The Morgan fingerprint density at radius 3 is 1.39 bits per heavy atom. The van der Waals surface area contributed by atoms with Gasteiger partial charge in [-0.2, -0.15) is 8.75 Å². The van der Waals surface area contributed by atoms with Crippen LogP contribution in [0.2, 0.25) is 0 Å². The fraction of sp³-hybridized carbons (Fsp3) is 0. The highest BCUT2D eigenvalue weighted by molar-refractivity contribution is 7.00. The number of rotatable bonds is 2. The van der Waals surface area contributed by atoms with E-state index in [9.17, 15) is 18.4 Å². The van der Waals surface area contributed by atoms with Crippen molar-refractivity contribution in [2.24, 2.45) is 0 Å². The number of carbonyl (C=O) groups excluding carboxylic acids is 2. The zero-order valence-electron chi connectivity index (χ0n) is 15.6. The number of nitrogens with zero attached hydrogens (tertiary/aromatic N) is 2. The summed E-state index contributed by atoms with van der Waals surface area (Å²) in [6, 6.07) is 12.7. The van der Waals surface area contributed by atoms with E-state index in [-0.39, 0.29) is 22.2 Å². The molecule has 4 nitrogen and oxygen atoms in total. The SMILES string of the molecule is O=Cc1ccc(C#Cc2c(F)c(F)c(C#Cc3ccc(C=O)cc3)c3nsnc23)cc1. The van der Waals surface area contributed by atoms with E-state index < -0.39 is 11.6 Å². The number of benzene rings is 3. The maximum Gasteiger partial charge on any atom is 0.178 e. The van der Waals surface area contributed by atoms with Crippen molar-refractivity contribution in [3.05, 3.63) is 93.5 Å². The Balaban J connectivity index is 1.77. The summed E-state index contributed by atoms with van der Waals surface area (Å²) in [5.74, 6) is 8.43. The summed E-state index contributed by atoms with van der Waals surface area (Å²) in [6.45, 7) is 0. The molecular formula is C24H10F2N2O2S. The normalized spacial score (nSPS) is 10.0. The molecule has 1 aromatic heterocycles. The first kappa shape index (κ1) is 20.1. The second kappa shape index (κ2) is 8.66. The van der Waals surface area contributed by atoms with Crippen molar-refractivity contribution in [2.45, 2.75) is 0 Å². The van der Waals surface area contributed by atoms with Crippen LogP contribution in [-0.2, 0) is 0 Å². The largest absolute Gasteiger partial charge is 0.298 e. The van der Waals surface area contributed by atoms with Crippen LogP contribution in [-0.4, -0.2) is 21.3 Å². The van der Waals surface area contributed by atoms with E-state index in [1.54, 1.807) is 48.5 Å². The van der Waals surface area contributed by atoms with Gasteiger partial charge in [0, 0.05) is 22.3 Å². The van der Waals surface area contributed by atoms with Gasteiger partial charge in [0.05, 0.1) is 22.9 Å². The summed E-state index contributed by atoms with van der Waals surface area (Å²) in [6.07, 6.45) is 1.40. The van der Waals surface area contributed by atoms with E-state index >= 15 is 0 Å². The Morgan fingerprint density at radius 2 is 1.03 bits per heavy atom. The van der Waals surface area contributed by atoms with Crippen molar-refractivity contribution in [2.75, 3.05) is 0 Å². The molecule has 0 aliphatic rings. The molecule has 0 N–H and O–H groups in total. The summed E-state index contributed by atoms with van der Waals surface area (Å²) >= 11 is 0.805. The van der Waals surface area contributed by atoms with Crippen LogP contribution >= 0.6 is 11.7 Å². The highest BCUT2D eigenvalue weighted by atomic mass is 32.1. The van der Waals surface area contributed by atoms with Crippen molar-refractivity contribution < 1.29 is 18.4 Å². The van der Waals surface area contributed by atoms with Gasteiger partial charge >= 0.3 is 0 Å². The highest BCUT2D eigenvalue weighted by Crippen LogP contribution is 2.27. The minimum atomic E-state index is -1.15. The van der Waals surface area contributed by atoms with Crippen LogP contribution in [0.1, 0.15) is 43.0 Å². The van der Waals surface area contributed by atoms with Crippen LogP contribution < -0.4 is 0 Å². The van der Waals surface area contributed by atoms with E-state index in [2.05, 4.69) is 32.4 Å². The van der Waals surface area contributed by atoms with E-state index in [1.807, 2.05) is 0 Å². The van der Waals surface area contributed by atoms with Gasteiger partial charge in [-0.1, -0.05) is 47.9 Å². The molecule has 3 aromatic carbocycles. The van der Waals surface area contributed by atoms with Gasteiger partial charge in [-0.05, 0) is 24.3 Å². The lowest BCUT2D eigenvalue weighted by atomic mass is 10.1. The Bertz CT molecular complexity index is 1330. The van der Waals surface area contributed by atoms with Gasteiger partial charge in [-0.3, -0.25) is 9.59 Å². The molecule has 1 heterocycles. The zero-order valence-corrected chi connectivity index (χ0v) is 16.5. The lowest BCUT2D eigenvalue weighted by Crippen LogP contribution is -1.98. The maximum atomic E-state index is 14.8. The molecule has 0 fully saturated rings. The number of aromatic nitrogens is 2. The Hall–Kier alpha value is -4.20. The molecule has 0 saturated carbocycles. The van der Waals surface area contributed by atoms with Gasteiger partial charge < -0.3 is 0 Å². The first-order valence-electron chi connectivity index (χ1n) is 8.88. The fourth-order valence-electron chi connectivity index (χ4n) is 2.73. The van der Waals surface area contributed by atoms with E-state index in [4.69, 9.17) is 0 Å². The maximum absolute atomic E-state index is 14.8. The lowest BCUT2D eigenvalue weighted by molar-refractivity contribution is 0.111. The zero-order chi connectivity index (χ0) is 21.8. The number of halogens is 2. The topological polar surface area (TPSA) is 59.9 Å². The highest BCUT2D eigenvalue weighted by Gasteiger charge is 2.21. The van der Waals surface area contributed by atoms with E-state index in [0.717, 1.165) is 11.7 Å². The van der Waals surface area contributed by atoms with E-state index in [0.29, 0.717) is 34.8 Å². The molecular weight excluding hydrogens is 418 g/mol. The second-order valence-electron chi connectivity index (χ2n) is 6.32. The molecule has 0 aliphatic carbocycles. The van der Waals surface area contributed by atoms with Crippen LogP contribution in [0.15, 0.2) is 48.5 Å². The minimum Gasteiger partial charge on any atom is -0.298 e. The van der Waals surface area contributed by atoms with E-state index in [1.165, 1.54) is 0 Å². The molecule has 31 heavy (non-hydrogen) atoms. The monoisotopic (exact) mass is 428 g/mol. The van der Waals surface area contributed by atoms with Crippen molar-refractivity contribution in [1.82, 2.24) is 8.75 Å². The molecule has 0 atom stereocenters. The first-order chi connectivity index (χ1) is 15.1. The number of fused-ring (bicyclic) bond motifs is 1. The van der Waals surface area contributed by atoms with Crippen LogP contribution in [0.5, 0.6) is 0 Å².